The Hall–Kier alpha value is -1.69. The average molecular weight is 498 g/mol. The van der Waals surface area contributed by atoms with Crippen LogP contribution < -0.4 is 0 Å². The third-order valence-corrected chi connectivity index (χ3v) is 8.85. The maximum atomic E-state index is 6.35. The molecule has 0 radical (unpaired) electrons. The molecule has 7 atom stereocenters. The lowest BCUT2D eigenvalue weighted by Gasteiger charge is -2.37. The molecule has 0 spiro atoms. The van der Waals surface area contributed by atoms with Crippen molar-refractivity contribution in [2.45, 2.75) is 90.4 Å². The predicted molar refractivity (Wildman–Crippen MR) is 146 cm³/mol. The van der Waals surface area contributed by atoms with Crippen LogP contribution in [0, 0.1) is 23.7 Å². The summed E-state index contributed by atoms with van der Waals surface area (Å²) in [6, 6.07) is 0.125. The van der Waals surface area contributed by atoms with Crippen LogP contribution in [0.1, 0.15) is 72.1 Å². The molecule has 1 heterocycles. The molecule has 200 valence electrons. The fraction of sp³-hybridized carbons (Fsp3) is 0.710. The van der Waals surface area contributed by atoms with E-state index < -0.39 is 0 Å². The molecule has 3 aliphatic carbocycles. The van der Waals surface area contributed by atoms with Crippen molar-refractivity contribution in [3.63, 3.8) is 0 Å². The number of nitrogens with zero attached hydrogens (tertiary/aromatic N) is 1. The van der Waals surface area contributed by atoms with E-state index in [0.29, 0.717) is 36.6 Å². The van der Waals surface area contributed by atoms with Crippen LogP contribution >= 0.6 is 0 Å². The van der Waals surface area contributed by atoms with E-state index in [4.69, 9.17) is 23.9 Å². The number of aliphatic imine (C=N–C) groups is 1. The second kappa shape index (κ2) is 13.2. The zero-order valence-electron chi connectivity index (χ0n) is 23.1. The average Bonchev–Trinajstić information content (AvgIpc) is 2.92. The minimum absolute atomic E-state index is 0.0369. The number of allylic oxidation sites excluding steroid dienone is 5. The monoisotopic (exact) mass is 497 g/mol. The summed E-state index contributed by atoms with van der Waals surface area (Å²) in [5, 5.41) is 0. The van der Waals surface area contributed by atoms with Crippen LogP contribution in [0.15, 0.2) is 52.3 Å². The lowest BCUT2D eigenvalue weighted by Crippen LogP contribution is -2.40. The van der Waals surface area contributed by atoms with Crippen LogP contribution in [0.25, 0.3) is 0 Å². The van der Waals surface area contributed by atoms with Crippen molar-refractivity contribution in [3.05, 3.63) is 47.3 Å². The number of rotatable bonds is 10. The van der Waals surface area contributed by atoms with Crippen LogP contribution in [0.3, 0.4) is 0 Å². The number of hydrogen-bond donors (Lipinski definition) is 0. The van der Waals surface area contributed by atoms with E-state index >= 15 is 0 Å². The Morgan fingerprint density at radius 2 is 1.92 bits per heavy atom. The second-order valence-corrected chi connectivity index (χ2v) is 11.3. The zero-order chi connectivity index (χ0) is 25.5. The maximum Gasteiger partial charge on any atom is 0.147 e. The van der Waals surface area contributed by atoms with Crippen LogP contribution in [-0.2, 0) is 18.9 Å². The molecule has 36 heavy (non-hydrogen) atoms. The van der Waals surface area contributed by atoms with Gasteiger partial charge in [-0.05, 0) is 94.3 Å². The molecule has 0 saturated heterocycles. The summed E-state index contributed by atoms with van der Waals surface area (Å²) >= 11 is 0. The molecule has 4 rings (SSSR count). The smallest absolute Gasteiger partial charge is 0.147 e. The normalized spacial score (nSPS) is 35.0. The number of ether oxygens (including phenoxy) is 4. The van der Waals surface area contributed by atoms with Gasteiger partial charge in [0, 0.05) is 25.8 Å². The summed E-state index contributed by atoms with van der Waals surface area (Å²) in [6.07, 6.45) is 20.8. The van der Waals surface area contributed by atoms with E-state index in [9.17, 15) is 0 Å². The van der Waals surface area contributed by atoms with Crippen molar-refractivity contribution in [2.75, 3.05) is 27.6 Å². The molecule has 0 aromatic heterocycles. The predicted octanol–water partition coefficient (Wildman–Crippen LogP) is 6.81. The molecule has 7 unspecified atom stereocenters. The van der Waals surface area contributed by atoms with Gasteiger partial charge in [-0.2, -0.15) is 0 Å². The van der Waals surface area contributed by atoms with Crippen molar-refractivity contribution >= 4 is 5.71 Å². The highest BCUT2D eigenvalue weighted by Crippen LogP contribution is 2.39. The van der Waals surface area contributed by atoms with Gasteiger partial charge in [-0.25, -0.2) is 0 Å². The van der Waals surface area contributed by atoms with E-state index in [1.54, 1.807) is 7.11 Å². The van der Waals surface area contributed by atoms with Crippen molar-refractivity contribution < 1.29 is 18.9 Å². The first kappa shape index (κ1) is 27.3. The third-order valence-electron chi connectivity index (χ3n) is 8.85. The minimum Gasteiger partial charge on any atom is -0.493 e. The number of hydrogen-bond acceptors (Lipinski definition) is 5. The molecule has 0 aromatic carbocycles. The van der Waals surface area contributed by atoms with Crippen molar-refractivity contribution in [3.8, 4) is 0 Å². The Balaban J connectivity index is 1.44. The molecule has 4 aliphatic rings. The van der Waals surface area contributed by atoms with Gasteiger partial charge in [-0.1, -0.05) is 37.1 Å². The highest BCUT2D eigenvalue weighted by molar-refractivity contribution is 5.96. The summed E-state index contributed by atoms with van der Waals surface area (Å²) in [7, 11) is 3.51. The Labute approximate surface area is 218 Å². The van der Waals surface area contributed by atoms with Gasteiger partial charge in [-0.3, -0.25) is 4.99 Å². The summed E-state index contributed by atoms with van der Waals surface area (Å²) in [4.78, 5) is 5.32. The zero-order valence-corrected chi connectivity index (χ0v) is 23.1. The van der Waals surface area contributed by atoms with Crippen LogP contribution in [0.5, 0.6) is 0 Å². The van der Waals surface area contributed by atoms with Crippen molar-refractivity contribution in [1.29, 1.82) is 0 Å². The van der Waals surface area contributed by atoms with Crippen LogP contribution in [-0.4, -0.2) is 51.6 Å². The summed E-state index contributed by atoms with van der Waals surface area (Å²) in [5.74, 6) is 2.96. The fourth-order valence-corrected chi connectivity index (χ4v) is 6.41. The molecular formula is C31H47NO4. The fourth-order valence-electron chi connectivity index (χ4n) is 6.41. The van der Waals surface area contributed by atoms with E-state index in [0.717, 1.165) is 31.6 Å². The molecule has 5 heteroatoms. The van der Waals surface area contributed by atoms with Gasteiger partial charge >= 0.3 is 0 Å². The molecule has 0 N–H and O–H groups in total. The molecule has 0 amide bonds. The van der Waals surface area contributed by atoms with Crippen LogP contribution in [0.2, 0.25) is 0 Å². The lowest BCUT2D eigenvalue weighted by atomic mass is 9.75. The SMILES string of the molecule is COCOC1C=CC(CC2C(C)=CC(OCC3C=CCCC3)=C(C)C2C)=NC1C1CCCC(OC)C1. The van der Waals surface area contributed by atoms with E-state index in [1.165, 1.54) is 49.0 Å². The van der Waals surface area contributed by atoms with Gasteiger partial charge in [0.25, 0.3) is 0 Å². The summed E-state index contributed by atoms with van der Waals surface area (Å²) in [5.41, 5.74) is 3.94. The molecular weight excluding hydrogens is 450 g/mol. The summed E-state index contributed by atoms with van der Waals surface area (Å²) in [6.45, 7) is 7.93. The molecule has 0 bridgehead atoms. The first-order chi connectivity index (χ1) is 17.5. The van der Waals surface area contributed by atoms with Gasteiger partial charge in [0.2, 0.25) is 0 Å². The van der Waals surface area contributed by atoms with Gasteiger partial charge in [-0.15, -0.1) is 0 Å². The van der Waals surface area contributed by atoms with Crippen LogP contribution in [0.4, 0.5) is 0 Å². The standard InChI is InChI=1S/C31H47NO4/c1-21-16-30(35-19-24-10-7-6-8-11-24)23(3)22(2)28(21)18-26-14-15-29(36-20-33-4)31(32-26)25-12-9-13-27(17-25)34-5/h7,10,14-16,22,24-25,27-29,31H,6,8-9,11-13,17-20H2,1-5H3. The number of dihydropyridines is 1. The maximum absolute atomic E-state index is 6.35. The Morgan fingerprint density at radius 1 is 1.06 bits per heavy atom. The molecule has 5 nitrogen and oxygen atoms in total. The molecule has 0 aromatic rings. The first-order valence-electron chi connectivity index (χ1n) is 14.1. The van der Waals surface area contributed by atoms with E-state index in [-0.39, 0.29) is 12.1 Å². The van der Waals surface area contributed by atoms with Crippen molar-refractivity contribution in [1.82, 2.24) is 0 Å². The molecule has 1 saturated carbocycles. The topological polar surface area (TPSA) is 49.3 Å². The Bertz CT molecular complexity index is 885. The van der Waals surface area contributed by atoms with Gasteiger partial charge in [0.05, 0.1) is 18.8 Å². The van der Waals surface area contributed by atoms with Gasteiger partial charge in [0.1, 0.15) is 18.7 Å². The Morgan fingerprint density at radius 3 is 2.67 bits per heavy atom. The largest absolute Gasteiger partial charge is 0.493 e. The highest BCUT2D eigenvalue weighted by atomic mass is 16.7. The molecule has 1 fully saturated rings. The van der Waals surface area contributed by atoms with Crippen molar-refractivity contribution in [2.24, 2.45) is 28.7 Å². The van der Waals surface area contributed by atoms with E-state index in [1.807, 2.05) is 7.11 Å². The quantitative estimate of drug-likeness (QED) is 0.246. The highest BCUT2D eigenvalue weighted by Gasteiger charge is 2.36. The molecule has 1 aliphatic heterocycles. The van der Waals surface area contributed by atoms with Gasteiger partial charge < -0.3 is 18.9 Å². The summed E-state index contributed by atoms with van der Waals surface area (Å²) < 4.78 is 23.4. The Kier molecular flexibility index (Phi) is 10.0. The minimum atomic E-state index is -0.0369. The lowest BCUT2D eigenvalue weighted by molar-refractivity contribution is -0.0726. The van der Waals surface area contributed by atoms with E-state index in [2.05, 4.69) is 51.2 Å². The van der Waals surface area contributed by atoms with Gasteiger partial charge in [0.15, 0.2) is 0 Å². The first-order valence-corrected chi connectivity index (χ1v) is 14.1. The number of methoxy groups -OCH3 is 2. The second-order valence-electron chi connectivity index (χ2n) is 11.3. The third kappa shape index (κ3) is 6.79.